The predicted octanol–water partition coefficient (Wildman–Crippen LogP) is 2.57. The van der Waals surface area contributed by atoms with Gasteiger partial charge >= 0.3 is 0 Å². The zero-order valence-electron chi connectivity index (χ0n) is 15.1. The SMILES string of the molecule is COc1ccc([C@@H](C)NC(=O)c2ccc(NS(C)(=O)=O)cc2)cc1OC. The molecule has 1 amide bonds. The highest BCUT2D eigenvalue weighted by Crippen LogP contribution is 2.30. The molecule has 8 heteroatoms. The van der Waals surface area contributed by atoms with Gasteiger partial charge in [0.1, 0.15) is 0 Å². The number of carbonyl (C=O) groups is 1. The maximum absolute atomic E-state index is 12.4. The number of anilines is 1. The average molecular weight is 378 g/mol. The van der Waals surface area contributed by atoms with Crippen LogP contribution in [-0.2, 0) is 10.0 Å². The maximum Gasteiger partial charge on any atom is 0.251 e. The number of amides is 1. The normalized spacial score (nSPS) is 12.2. The van der Waals surface area contributed by atoms with E-state index in [4.69, 9.17) is 9.47 Å². The molecule has 1 atom stereocenters. The molecule has 0 fully saturated rings. The molecule has 0 aliphatic heterocycles. The highest BCUT2D eigenvalue weighted by Gasteiger charge is 2.14. The van der Waals surface area contributed by atoms with Crippen LogP contribution in [0, 0.1) is 0 Å². The first-order chi connectivity index (χ1) is 12.2. The number of nitrogens with one attached hydrogen (secondary N) is 2. The summed E-state index contributed by atoms with van der Waals surface area (Å²) < 4.78 is 35.3. The second kappa shape index (κ2) is 8.09. The van der Waals surface area contributed by atoms with E-state index in [1.165, 1.54) is 12.1 Å². The molecule has 7 nitrogen and oxygen atoms in total. The number of sulfonamides is 1. The molecule has 0 aromatic heterocycles. The molecule has 0 aliphatic carbocycles. The summed E-state index contributed by atoms with van der Waals surface area (Å²) in [5, 5.41) is 2.90. The second-order valence-corrected chi connectivity index (χ2v) is 7.51. The molecule has 0 unspecified atom stereocenters. The van der Waals surface area contributed by atoms with Gasteiger partial charge in [0.25, 0.3) is 5.91 Å². The van der Waals surface area contributed by atoms with Crippen LogP contribution in [-0.4, -0.2) is 34.8 Å². The summed E-state index contributed by atoms with van der Waals surface area (Å²) in [7, 11) is -0.237. The van der Waals surface area contributed by atoms with Gasteiger partial charge in [-0.1, -0.05) is 6.07 Å². The van der Waals surface area contributed by atoms with Gasteiger partial charge < -0.3 is 14.8 Å². The smallest absolute Gasteiger partial charge is 0.251 e. The summed E-state index contributed by atoms with van der Waals surface area (Å²) >= 11 is 0. The lowest BCUT2D eigenvalue weighted by molar-refractivity contribution is 0.0940. The van der Waals surface area contributed by atoms with Crippen molar-refractivity contribution in [3.05, 3.63) is 53.6 Å². The summed E-state index contributed by atoms with van der Waals surface area (Å²) in [6.07, 6.45) is 1.07. The van der Waals surface area contributed by atoms with E-state index in [-0.39, 0.29) is 11.9 Å². The van der Waals surface area contributed by atoms with Crippen molar-refractivity contribution in [2.24, 2.45) is 0 Å². The van der Waals surface area contributed by atoms with Gasteiger partial charge in [0.05, 0.1) is 26.5 Å². The van der Waals surface area contributed by atoms with Crippen molar-refractivity contribution in [1.82, 2.24) is 5.32 Å². The van der Waals surface area contributed by atoms with Crippen molar-refractivity contribution in [2.75, 3.05) is 25.2 Å². The van der Waals surface area contributed by atoms with Crippen LogP contribution >= 0.6 is 0 Å². The first kappa shape index (κ1) is 19.6. The van der Waals surface area contributed by atoms with E-state index < -0.39 is 10.0 Å². The van der Waals surface area contributed by atoms with Crippen LogP contribution in [0.2, 0.25) is 0 Å². The van der Waals surface area contributed by atoms with E-state index in [0.717, 1.165) is 11.8 Å². The molecule has 0 bridgehead atoms. The lowest BCUT2D eigenvalue weighted by atomic mass is 10.1. The minimum Gasteiger partial charge on any atom is -0.493 e. The quantitative estimate of drug-likeness (QED) is 0.772. The first-order valence-corrected chi connectivity index (χ1v) is 9.73. The molecule has 0 spiro atoms. The number of methoxy groups -OCH3 is 2. The van der Waals surface area contributed by atoms with Gasteiger partial charge in [-0.25, -0.2) is 8.42 Å². The van der Waals surface area contributed by atoms with Crippen LogP contribution in [0.25, 0.3) is 0 Å². The zero-order chi connectivity index (χ0) is 19.3. The lowest BCUT2D eigenvalue weighted by Crippen LogP contribution is -2.26. The van der Waals surface area contributed by atoms with Gasteiger partial charge in [-0.05, 0) is 48.9 Å². The molecule has 0 radical (unpaired) electrons. The number of carbonyl (C=O) groups excluding carboxylic acids is 1. The summed E-state index contributed by atoms with van der Waals surface area (Å²) in [4.78, 5) is 12.4. The van der Waals surface area contributed by atoms with Gasteiger partial charge in [0.15, 0.2) is 11.5 Å². The van der Waals surface area contributed by atoms with Crippen molar-refractivity contribution in [1.29, 1.82) is 0 Å². The highest BCUT2D eigenvalue weighted by atomic mass is 32.2. The van der Waals surface area contributed by atoms with Crippen molar-refractivity contribution in [3.63, 3.8) is 0 Å². The van der Waals surface area contributed by atoms with E-state index >= 15 is 0 Å². The van der Waals surface area contributed by atoms with Crippen LogP contribution in [0.1, 0.15) is 28.9 Å². The molecule has 2 N–H and O–H groups in total. The third-order valence-electron chi connectivity index (χ3n) is 3.71. The van der Waals surface area contributed by atoms with Crippen LogP contribution in [0.5, 0.6) is 11.5 Å². The molecule has 0 heterocycles. The third kappa shape index (κ3) is 5.13. The first-order valence-electron chi connectivity index (χ1n) is 7.84. The average Bonchev–Trinajstić information content (AvgIpc) is 2.60. The predicted molar refractivity (Wildman–Crippen MR) is 100 cm³/mol. The highest BCUT2D eigenvalue weighted by molar-refractivity contribution is 7.92. The summed E-state index contributed by atoms with van der Waals surface area (Å²) in [5.41, 5.74) is 1.69. The Balaban J connectivity index is 2.09. The standard InChI is InChI=1S/C18H22N2O5S/c1-12(14-7-10-16(24-2)17(11-14)25-3)19-18(21)13-5-8-15(9-6-13)20-26(4,22)23/h5-12,20H,1-4H3,(H,19,21)/t12-/m1/s1. The van der Waals surface area contributed by atoms with Crippen molar-refractivity contribution in [3.8, 4) is 11.5 Å². The molecule has 2 rings (SSSR count). The van der Waals surface area contributed by atoms with E-state index in [0.29, 0.717) is 22.7 Å². The number of hydrogen-bond donors (Lipinski definition) is 2. The molecule has 0 saturated carbocycles. The van der Waals surface area contributed by atoms with E-state index in [1.54, 1.807) is 32.4 Å². The van der Waals surface area contributed by atoms with Gasteiger partial charge in [-0.3, -0.25) is 9.52 Å². The Bertz CT molecular complexity index is 879. The molecule has 2 aromatic carbocycles. The Morgan fingerprint density at radius 1 is 1.00 bits per heavy atom. The molecule has 0 aliphatic rings. The Kier molecular flexibility index (Phi) is 6.10. The van der Waals surface area contributed by atoms with Crippen LogP contribution in [0.3, 0.4) is 0 Å². The summed E-state index contributed by atoms with van der Waals surface area (Å²) in [6, 6.07) is 11.4. The van der Waals surface area contributed by atoms with Crippen molar-refractivity contribution < 1.29 is 22.7 Å². The van der Waals surface area contributed by atoms with Gasteiger partial charge in [-0.2, -0.15) is 0 Å². The summed E-state index contributed by atoms with van der Waals surface area (Å²) in [6.45, 7) is 1.86. The van der Waals surface area contributed by atoms with Gasteiger partial charge in [-0.15, -0.1) is 0 Å². The lowest BCUT2D eigenvalue weighted by Gasteiger charge is -2.17. The molecule has 0 saturated heterocycles. The van der Waals surface area contributed by atoms with Crippen molar-refractivity contribution >= 4 is 21.6 Å². The molecule has 140 valence electrons. The topological polar surface area (TPSA) is 93.7 Å². The van der Waals surface area contributed by atoms with E-state index in [2.05, 4.69) is 10.0 Å². The Labute approximate surface area is 153 Å². The third-order valence-corrected chi connectivity index (χ3v) is 4.31. The van der Waals surface area contributed by atoms with E-state index in [9.17, 15) is 13.2 Å². The van der Waals surface area contributed by atoms with Gasteiger partial charge in [0, 0.05) is 11.3 Å². The minimum absolute atomic E-state index is 0.254. The number of hydrogen-bond acceptors (Lipinski definition) is 5. The Morgan fingerprint density at radius 2 is 1.62 bits per heavy atom. The Hall–Kier alpha value is -2.74. The van der Waals surface area contributed by atoms with Gasteiger partial charge in [0.2, 0.25) is 10.0 Å². The number of rotatable bonds is 7. The van der Waals surface area contributed by atoms with Crippen molar-refractivity contribution in [2.45, 2.75) is 13.0 Å². The molecule has 2 aromatic rings. The number of benzene rings is 2. The fourth-order valence-electron chi connectivity index (χ4n) is 2.39. The molecule has 26 heavy (non-hydrogen) atoms. The minimum atomic E-state index is -3.35. The molecular weight excluding hydrogens is 356 g/mol. The Morgan fingerprint density at radius 3 is 2.15 bits per heavy atom. The number of ether oxygens (including phenoxy) is 2. The summed E-state index contributed by atoms with van der Waals surface area (Å²) in [5.74, 6) is 0.934. The maximum atomic E-state index is 12.4. The van der Waals surface area contributed by atoms with E-state index in [1.807, 2.05) is 19.1 Å². The fourth-order valence-corrected chi connectivity index (χ4v) is 2.95. The monoisotopic (exact) mass is 378 g/mol. The van der Waals surface area contributed by atoms with Crippen LogP contribution in [0.4, 0.5) is 5.69 Å². The van der Waals surface area contributed by atoms with Crippen LogP contribution in [0.15, 0.2) is 42.5 Å². The largest absolute Gasteiger partial charge is 0.493 e. The molecular formula is C18H22N2O5S. The fraction of sp³-hybridized carbons (Fsp3) is 0.278. The zero-order valence-corrected chi connectivity index (χ0v) is 15.9. The van der Waals surface area contributed by atoms with Crippen LogP contribution < -0.4 is 19.5 Å². The second-order valence-electron chi connectivity index (χ2n) is 5.76.